The second-order valence-electron chi connectivity index (χ2n) is 8.44. The van der Waals surface area contributed by atoms with Crippen molar-refractivity contribution in [2.24, 2.45) is 0 Å². The molecule has 0 saturated heterocycles. The van der Waals surface area contributed by atoms with E-state index in [-0.39, 0.29) is 5.75 Å². The van der Waals surface area contributed by atoms with Crippen LogP contribution in [0.25, 0.3) is 16.3 Å². The zero-order valence-corrected chi connectivity index (χ0v) is 22.9. The predicted molar refractivity (Wildman–Crippen MR) is 146 cm³/mol. The highest BCUT2D eigenvalue weighted by Crippen LogP contribution is 2.46. The first-order chi connectivity index (χ1) is 16.7. The zero-order valence-electron chi connectivity index (χ0n) is 20.4. The number of ether oxygens (including phenoxy) is 1. The summed E-state index contributed by atoms with van der Waals surface area (Å²) < 4.78 is 40.5. The summed E-state index contributed by atoms with van der Waals surface area (Å²) in [5.74, 6) is 0.482. The molecule has 1 aliphatic rings. The van der Waals surface area contributed by atoms with Crippen LogP contribution < -0.4 is 14.2 Å². The lowest BCUT2D eigenvalue weighted by Crippen LogP contribution is -2.36. The first-order valence-electron chi connectivity index (χ1n) is 11.7. The van der Waals surface area contributed by atoms with Crippen LogP contribution in [0.2, 0.25) is 0 Å². The minimum absolute atomic E-state index is 0.269. The average molecular weight is 532 g/mol. The molecule has 0 spiro atoms. The SMILES string of the molecule is CCC(/C=C1\Sc2ccc(C)cc2N1CC)=C\c1sc2ccc(OC)cc2[n+]1CCCS(=O)(=O)O. The van der Waals surface area contributed by atoms with Crippen molar-refractivity contribution in [1.82, 2.24) is 0 Å². The van der Waals surface area contributed by atoms with Crippen molar-refractivity contribution in [3.63, 3.8) is 0 Å². The molecule has 1 aromatic heterocycles. The van der Waals surface area contributed by atoms with E-state index in [0.717, 1.165) is 33.9 Å². The van der Waals surface area contributed by atoms with Crippen LogP contribution in [0.15, 0.2) is 58.0 Å². The molecule has 2 aromatic carbocycles. The molecule has 0 aliphatic carbocycles. The summed E-state index contributed by atoms with van der Waals surface area (Å²) in [4.78, 5) is 3.63. The van der Waals surface area contributed by atoms with E-state index < -0.39 is 10.1 Å². The summed E-state index contributed by atoms with van der Waals surface area (Å²) in [6, 6.07) is 12.5. The topological polar surface area (TPSA) is 70.7 Å². The van der Waals surface area contributed by atoms with E-state index in [2.05, 4.69) is 60.6 Å². The van der Waals surface area contributed by atoms with Gasteiger partial charge in [-0.15, -0.1) is 0 Å². The maximum Gasteiger partial charge on any atom is 0.265 e. The third-order valence-electron chi connectivity index (χ3n) is 5.95. The Morgan fingerprint density at radius 1 is 1.20 bits per heavy atom. The van der Waals surface area contributed by atoms with Crippen molar-refractivity contribution in [2.75, 3.05) is 24.3 Å². The summed E-state index contributed by atoms with van der Waals surface area (Å²) in [7, 11) is -2.37. The number of anilines is 1. The standard InChI is InChI=1S/C26H30N2O4S3/c1-5-19(15-25-27(6-2)21-14-18(3)8-10-23(21)33-25)16-26-28(12-7-13-35(29,30)31)22-17-20(32-4)9-11-24(22)34-26/h8-11,14-17H,5-7,12-13H2,1-4H3/p+1. The van der Waals surface area contributed by atoms with Crippen LogP contribution in [-0.4, -0.2) is 32.4 Å². The van der Waals surface area contributed by atoms with Gasteiger partial charge in [-0.1, -0.05) is 36.1 Å². The molecule has 0 atom stereocenters. The molecule has 186 valence electrons. The Kier molecular flexibility index (Phi) is 7.90. The Hall–Kier alpha value is -2.33. The molecule has 0 fully saturated rings. The van der Waals surface area contributed by atoms with Gasteiger partial charge in [0.2, 0.25) is 5.52 Å². The van der Waals surface area contributed by atoms with Crippen molar-refractivity contribution in [3.05, 3.63) is 63.6 Å². The zero-order chi connectivity index (χ0) is 25.2. The summed E-state index contributed by atoms with van der Waals surface area (Å²) in [6.07, 6.45) is 5.64. The van der Waals surface area contributed by atoms with Gasteiger partial charge >= 0.3 is 0 Å². The number of allylic oxidation sites excluding steroid dienone is 2. The molecule has 2 heterocycles. The summed E-state index contributed by atoms with van der Waals surface area (Å²) in [5, 5.41) is 2.25. The fraction of sp³-hybridized carbons (Fsp3) is 0.346. The van der Waals surface area contributed by atoms with Crippen LogP contribution in [0.1, 0.15) is 37.3 Å². The molecular formula is C26H31N2O4S3+. The molecule has 0 saturated carbocycles. The van der Waals surface area contributed by atoms with Crippen LogP contribution in [0.5, 0.6) is 5.75 Å². The second-order valence-corrected chi connectivity index (χ2v) is 12.1. The Labute approximate surface area is 215 Å². The predicted octanol–water partition coefficient (Wildman–Crippen LogP) is 6.05. The molecule has 35 heavy (non-hydrogen) atoms. The maximum absolute atomic E-state index is 11.3. The number of aryl methyl sites for hydroxylation is 2. The summed E-state index contributed by atoms with van der Waals surface area (Å²) >= 11 is 3.46. The van der Waals surface area contributed by atoms with Gasteiger partial charge in [-0.2, -0.15) is 13.0 Å². The van der Waals surface area contributed by atoms with Crippen molar-refractivity contribution >= 4 is 55.2 Å². The van der Waals surface area contributed by atoms with Gasteiger partial charge in [-0.3, -0.25) is 4.55 Å². The molecule has 6 nitrogen and oxygen atoms in total. The largest absolute Gasteiger partial charge is 0.497 e. The van der Waals surface area contributed by atoms with Crippen LogP contribution in [0.3, 0.4) is 0 Å². The second kappa shape index (κ2) is 10.7. The number of rotatable bonds is 9. The smallest absolute Gasteiger partial charge is 0.265 e. The van der Waals surface area contributed by atoms with Gasteiger partial charge < -0.3 is 9.64 Å². The minimum atomic E-state index is -4.01. The van der Waals surface area contributed by atoms with E-state index in [1.165, 1.54) is 26.7 Å². The van der Waals surface area contributed by atoms with Gasteiger partial charge in [-0.25, -0.2) is 0 Å². The molecule has 0 radical (unpaired) electrons. The number of thiazole rings is 1. The Balaban J connectivity index is 1.73. The quantitative estimate of drug-likeness (QED) is 0.268. The number of benzene rings is 2. The van der Waals surface area contributed by atoms with Crippen LogP contribution >= 0.6 is 23.1 Å². The molecule has 3 aromatic rings. The number of fused-ring (bicyclic) bond motifs is 2. The van der Waals surface area contributed by atoms with Gasteiger partial charge in [0.05, 0.1) is 29.6 Å². The van der Waals surface area contributed by atoms with Crippen LogP contribution in [0, 0.1) is 6.92 Å². The Bertz CT molecular complexity index is 1410. The normalized spacial score (nSPS) is 15.3. The number of aromatic nitrogens is 1. The summed E-state index contributed by atoms with van der Waals surface area (Å²) in [6.45, 7) is 7.81. The number of hydrogen-bond donors (Lipinski definition) is 1. The number of methoxy groups -OCH3 is 1. The third kappa shape index (κ3) is 5.91. The van der Waals surface area contributed by atoms with Crippen molar-refractivity contribution in [2.45, 2.75) is 45.1 Å². The lowest BCUT2D eigenvalue weighted by atomic mass is 10.1. The monoisotopic (exact) mass is 531 g/mol. The lowest BCUT2D eigenvalue weighted by Gasteiger charge is -2.18. The lowest BCUT2D eigenvalue weighted by molar-refractivity contribution is -0.668. The van der Waals surface area contributed by atoms with Crippen molar-refractivity contribution in [3.8, 4) is 5.75 Å². The van der Waals surface area contributed by atoms with E-state index in [1.807, 2.05) is 18.2 Å². The Morgan fingerprint density at radius 2 is 2.00 bits per heavy atom. The molecule has 0 bridgehead atoms. The van der Waals surface area contributed by atoms with Gasteiger partial charge in [0.25, 0.3) is 15.1 Å². The third-order valence-corrected chi connectivity index (χ3v) is 8.98. The number of nitrogens with zero attached hydrogens (tertiary/aromatic N) is 2. The molecule has 0 amide bonds. The van der Waals surface area contributed by atoms with Gasteiger partial charge in [0.1, 0.15) is 10.4 Å². The number of hydrogen-bond acceptors (Lipinski definition) is 6. The first kappa shape index (κ1) is 25.8. The van der Waals surface area contributed by atoms with E-state index >= 15 is 0 Å². The molecule has 4 rings (SSSR count). The highest BCUT2D eigenvalue weighted by Gasteiger charge is 2.25. The average Bonchev–Trinajstić information content (AvgIpc) is 3.33. The van der Waals surface area contributed by atoms with Crippen LogP contribution in [0.4, 0.5) is 5.69 Å². The van der Waals surface area contributed by atoms with Gasteiger partial charge in [0.15, 0.2) is 6.54 Å². The highest BCUT2D eigenvalue weighted by molar-refractivity contribution is 8.03. The molecule has 1 aliphatic heterocycles. The van der Waals surface area contributed by atoms with Gasteiger partial charge in [0, 0.05) is 23.9 Å². The number of thioether (sulfide) groups is 1. The fourth-order valence-electron chi connectivity index (χ4n) is 4.16. The van der Waals surface area contributed by atoms with E-state index in [4.69, 9.17) is 4.74 Å². The molecule has 0 unspecified atom stereocenters. The fourth-order valence-corrected chi connectivity index (χ4v) is 6.98. The molecule has 9 heteroatoms. The molecular weight excluding hydrogens is 500 g/mol. The first-order valence-corrected chi connectivity index (χ1v) is 14.9. The highest BCUT2D eigenvalue weighted by atomic mass is 32.2. The minimum Gasteiger partial charge on any atom is -0.497 e. The van der Waals surface area contributed by atoms with E-state index in [0.29, 0.717) is 13.0 Å². The summed E-state index contributed by atoms with van der Waals surface area (Å²) in [5.41, 5.74) is 4.69. The Morgan fingerprint density at radius 3 is 2.69 bits per heavy atom. The van der Waals surface area contributed by atoms with E-state index in [9.17, 15) is 13.0 Å². The van der Waals surface area contributed by atoms with Gasteiger partial charge in [-0.05, 0) is 61.7 Å². The van der Waals surface area contributed by atoms with Crippen molar-refractivity contribution < 1.29 is 22.3 Å². The van der Waals surface area contributed by atoms with Crippen LogP contribution in [-0.2, 0) is 16.7 Å². The molecule has 1 N–H and O–H groups in total. The van der Waals surface area contributed by atoms with Crippen molar-refractivity contribution in [1.29, 1.82) is 0 Å². The maximum atomic E-state index is 11.3. The van der Waals surface area contributed by atoms with E-state index in [1.54, 1.807) is 30.2 Å².